The van der Waals surface area contributed by atoms with Gasteiger partial charge in [0.2, 0.25) is 0 Å². The lowest BCUT2D eigenvalue weighted by Gasteiger charge is -1.93. The topological polar surface area (TPSA) is 29.1 Å². The van der Waals surface area contributed by atoms with Gasteiger partial charge in [-0.2, -0.15) is 0 Å². The Labute approximate surface area is 51.8 Å². The molecule has 0 aromatic rings. The van der Waals surface area contributed by atoms with Crippen molar-refractivity contribution in [2.45, 2.75) is 4.84 Å². The third-order valence-electron chi connectivity index (χ3n) is 0.329. The van der Waals surface area contributed by atoms with Gasteiger partial charge in [-0.1, -0.05) is 0 Å². The molecule has 0 unspecified atom stereocenters. The Morgan fingerprint density at radius 2 is 2.29 bits per heavy atom. The molecule has 0 atom stereocenters. The number of alkyl halides is 2. The second-order valence-corrected chi connectivity index (χ2v) is 2.15. The largest absolute Gasteiger partial charge is 0.345 e. The average Bonchev–Trinajstić information content (AvgIpc) is 1.61. The lowest BCUT2D eigenvalue weighted by Crippen LogP contribution is -2.17. The van der Waals surface area contributed by atoms with E-state index in [9.17, 15) is 4.79 Å². The highest BCUT2D eigenvalue weighted by atomic mass is 35.5. The van der Waals surface area contributed by atoms with Crippen molar-refractivity contribution in [1.29, 1.82) is 0 Å². The molecule has 0 aliphatic rings. The Bertz CT molecular complexity index is 56.9. The summed E-state index contributed by atoms with van der Waals surface area (Å²) in [7, 11) is 0. The minimum Gasteiger partial charge on any atom is -0.345 e. The maximum Gasteiger partial charge on any atom is 0.309 e. The van der Waals surface area contributed by atoms with Gasteiger partial charge in [-0.25, -0.2) is 0 Å². The van der Waals surface area contributed by atoms with Crippen LogP contribution in [0.1, 0.15) is 0 Å². The lowest BCUT2D eigenvalue weighted by molar-refractivity contribution is 0.543. The standard InChI is InChI=1S/C3H4Cl2NO/c4-3(5)1-6-2-7/h3H,1H2,(H,6,7). The summed E-state index contributed by atoms with van der Waals surface area (Å²) < 4.78 is 0. The number of hydrogen-bond acceptors (Lipinski definition) is 1. The first-order valence-electron chi connectivity index (χ1n) is 1.65. The van der Waals surface area contributed by atoms with E-state index in [4.69, 9.17) is 23.2 Å². The third-order valence-corrected chi connectivity index (χ3v) is 0.637. The van der Waals surface area contributed by atoms with E-state index in [2.05, 4.69) is 5.32 Å². The van der Waals surface area contributed by atoms with Crippen molar-refractivity contribution in [2.24, 2.45) is 0 Å². The molecule has 0 fully saturated rings. The highest BCUT2D eigenvalue weighted by Gasteiger charge is 1.93. The van der Waals surface area contributed by atoms with Crippen molar-refractivity contribution in [3.63, 3.8) is 0 Å². The first kappa shape index (κ1) is 7.05. The van der Waals surface area contributed by atoms with Crippen LogP contribution in [-0.2, 0) is 4.79 Å². The molecule has 1 radical (unpaired) electrons. The second-order valence-electron chi connectivity index (χ2n) is 0.874. The molecule has 0 aromatic heterocycles. The summed E-state index contributed by atoms with van der Waals surface area (Å²) in [5, 5.41) is 2.18. The number of hydrogen-bond donors (Lipinski definition) is 1. The number of carbonyl (C=O) groups excluding carboxylic acids is 1. The Morgan fingerprint density at radius 3 is 2.43 bits per heavy atom. The zero-order valence-electron chi connectivity index (χ0n) is 3.45. The van der Waals surface area contributed by atoms with Gasteiger partial charge in [-0.3, -0.25) is 4.79 Å². The van der Waals surface area contributed by atoms with Gasteiger partial charge in [0.1, 0.15) is 4.84 Å². The molecule has 0 aromatic carbocycles. The number of halogens is 2. The van der Waals surface area contributed by atoms with E-state index in [0.29, 0.717) is 0 Å². The van der Waals surface area contributed by atoms with Crippen molar-refractivity contribution in [2.75, 3.05) is 6.54 Å². The maximum atomic E-state index is 9.36. The highest BCUT2D eigenvalue weighted by molar-refractivity contribution is 6.44. The summed E-state index contributed by atoms with van der Waals surface area (Å²) in [4.78, 5) is 8.83. The lowest BCUT2D eigenvalue weighted by atomic mass is 10.7. The molecule has 41 valence electrons. The Hall–Kier alpha value is 0.0500. The number of amides is 1. The summed E-state index contributed by atoms with van der Waals surface area (Å²) in [6, 6.07) is 0. The molecule has 1 amide bonds. The van der Waals surface area contributed by atoms with Crippen LogP contribution < -0.4 is 5.32 Å². The van der Waals surface area contributed by atoms with Gasteiger partial charge in [0, 0.05) is 6.54 Å². The molecule has 0 spiro atoms. The molecule has 0 aliphatic heterocycles. The van der Waals surface area contributed by atoms with Crippen molar-refractivity contribution in [1.82, 2.24) is 5.32 Å². The van der Waals surface area contributed by atoms with Crippen LogP contribution in [0.25, 0.3) is 0 Å². The molecule has 2 nitrogen and oxygen atoms in total. The quantitative estimate of drug-likeness (QED) is 0.448. The summed E-state index contributed by atoms with van der Waals surface area (Å²) >= 11 is 10.4. The van der Waals surface area contributed by atoms with E-state index < -0.39 is 4.84 Å². The predicted molar refractivity (Wildman–Crippen MR) is 29.2 cm³/mol. The molecule has 0 bridgehead atoms. The van der Waals surface area contributed by atoms with Crippen LogP contribution in [0.4, 0.5) is 0 Å². The van der Waals surface area contributed by atoms with Gasteiger partial charge in [-0.15, -0.1) is 23.2 Å². The van der Waals surface area contributed by atoms with Crippen molar-refractivity contribution in [3.8, 4) is 0 Å². The fourth-order valence-corrected chi connectivity index (χ4v) is 0.273. The van der Waals surface area contributed by atoms with Crippen molar-refractivity contribution in [3.05, 3.63) is 0 Å². The molecule has 7 heavy (non-hydrogen) atoms. The smallest absolute Gasteiger partial charge is 0.309 e. The van der Waals surface area contributed by atoms with Gasteiger partial charge >= 0.3 is 6.41 Å². The number of nitrogens with one attached hydrogen (secondary N) is 1. The van der Waals surface area contributed by atoms with Crippen molar-refractivity contribution >= 4 is 29.6 Å². The van der Waals surface area contributed by atoms with E-state index in [0.717, 1.165) is 0 Å². The van der Waals surface area contributed by atoms with E-state index >= 15 is 0 Å². The summed E-state index contributed by atoms with van der Waals surface area (Å²) in [6.45, 7) is 0.257. The second kappa shape index (κ2) is 4.22. The monoisotopic (exact) mass is 140 g/mol. The Kier molecular flexibility index (Phi) is 4.25. The van der Waals surface area contributed by atoms with Gasteiger partial charge < -0.3 is 5.32 Å². The Balaban J connectivity index is 2.81. The summed E-state index contributed by atoms with van der Waals surface area (Å²) in [5.41, 5.74) is 0. The zero-order valence-corrected chi connectivity index (χ0v) is 4.96. The maximum absolute atomic E-state index is 9.36. The van der Waals surface area contributed by atoms with Gasteiger partial charge in [-0.05, 0) is 0 Å². The van der Waals surface area contributed by atoms with Gasteiger partial charge in [0.25, 0.3) is 0 Å². The molecule has 0 heterocycles. The summed E-state index contributed by atoms with van der Waals surface area (Å²) in [6.07, 6.45) is 1.43. The van der Waals surface area contributed by atoms with Crippen LogP contribution in [0.15, 0.2) is 0 Å². The zero-order chi connectivity index (χ0) is 5.70. The Morgan fingerprint density at radius 1 is 1.71 bits per heavy atom. The minimum absolute atomic E-state index is 0.257. The first-order valence-corrected chi connectivity index (χ1v) is 2.53. The van der Waals surface area contributed by atoms with Gasteiger partial charge in [0.05, 0.1) is 0 Å². The molecule has 1 N–H and O–H groups in total. The van der Waals surface area contributed by atoms with Crippen LogP contribution >= 0.6 is 23.2 Å². The van der Waals surface area contributed by atoms with E-state index in [1.165, 1.54) is 6.41 Å². The molecule has 0 saturated heterocycles. The van der Waals surface area contributed by atoms with E-state index in [-0.39, 0.29) is 6.54 Å². The SMILES string of the molecule is O=[C]NCC(Cl)Cl. The molecule has 0 aliphatic carbocycles. The van der Waals surface area contributed by atoms with Crippen LogP contribution in [-0.4, -0.2) is 17.8 Å². The van der Waals surface area contributed by atoms with Crippen LogP contribution in [0, 0.1) is 0 Å². The number of rotatable bonds is 3. The van der Waals surface area contributed by atoms with Crippen molar-refractivity contribution < 1.29 is 4.79 Å². The van der Waals surface area contributed by atoms with Crippen LogP contribution in [0.5, 0.6) is 0 Å². The molecular formula is C3H4Cl2NO. The fraction of sp³-hybridized carbons (Fsp3) is 0.667. The fourth-order valence-electron chi connectivity index (χ4n) is 0.119. The first-order chi connectivity index (χ1) is 3.27. The van der Waals surface area contributed by atoms with E-state index in [1.54, 1.807) is 0 Å². The van der Waals surface area contributed by atoms with E-state index in [1.807, 2.05) is 0 Å². The molecule has 0 saturated carbocycles. The van der Waals surface area contributed by atoms with Crippen LogP contribution in [0.2, 0.25) is 0 Å². The molecule has 4 heteroatoms. The normalized spacial score (nSPS) is 9.00. The highest BCUT2D eigenvalue weighted by Crippen LogP contribution is 1.96. The average molecular weight is 141 g/mol. The van der Waals surface area contributed by atoms with Gasteiger partial charge in [0.15, 0.2) is 0 Å². The predicted octanol–water partition coefficient (Wildman–Crippen LogP) is 0.447. The van der Waals surface area contributed by atoms with Crippen LogP contribution in [0.3, 0.4) is 0 Å². The molecule has 0 rings (SSSR count). The molecular weight excluding hydrogens is 137 g/mol. The summed E-state index contributed by atoms with van der Waals surface area (Å²) in [5.74, 6) is 0. The third kappa shape index (κ3) is 6.05. The minimum atomic E-state index is -0.526.